The first kappa shape index (κ1) is 16.2. The number of hydrogen-bond acceptors (Lipinski definition) is 4. The molecular weight excluding hydrogens is 312 g/mol. The van der Waals surface area contributed by atoms with Crippen LogP contribution in [0.1, 0.15) is 36.2 Å². The molecule has 0 saturated heterocycles. The van der Waals surface area contributed by atoms with Gasteiger partial charge in [-0.1, -0.05) is 12.1 Å². The van der Waals surface area contributed by atoms with Gasteiger partial charge >= 0.3 is 0 Å². The van der Waals surface area contributed by atoms with E-state index >= 15 is 0 Å². The molecule has 6 nitrogen and oxygen atoms in total. The van der Waals surface area contributed by atoms with Crippen LogP contribution in [0.25, 0.3) is 0 Å². The zero-order chi connectivity index (χ0) is 16.4. The molecule has 1 aliphatic rings. The van der Waals surface area contributed by atoms with E-state index in [1.54, 1.807) is 12.1 Å². The zero-order valence-electron chi connectivity index (χ0n) is 13.3. The summed E-state index contributed by atoms with van der Waals surface area (Å²) in [6, 6.07) is 7.61. The summed E-state index contributed by atoms with van der Waals surface area (Å²) in [5.74, 6) is 0. The lowest BCUT2D eigenvalue weighted by Crippen LogP contribution is -2.36. The molecule has 0 unspecified atom stereocenters. The standard InChI is InChI=1S/C16H22N4O2S/c1-11(12-3-6-15(7-4-12)23(21,22)17-2)19-14-5-8-16-13(9-14)10-18-20-16/h3-4,6-7,10-11,14,17,19H,5,8-9H2,1-2H3,(H,18,20)/t11-,14+/m1/s1. The van der Waals surface area contributed by atoms with Crippen LogP contribution in [0.15, 0.2) is 35.4 Å². The third-order valence-electron chi connectivity index (χ3n) is 4.46. The van der Waals surface area contributed by atoms with E-state index in [4.69, 9.17) is 0 Å². The number of hydrogen-bond donors (Lipinski definition) is 3. The number of aromatic nitrogens is 2. The summed E-state index contributed by atoms with van der Waals surface area (Å²) in [5.41, 5.74) is 3.62. The lowest BCUT2D eigenvalue weighted by atomic mass is 9.92. The van der Waals surface area contributed by atoms with Crippen LogP contribution in [0.2, 0.25) is 0 Å². The van der Waals surface area contributed by atoms with Crippen LogP contribution in [0.5, 0.6) is 0 Å². The van der Waals surface area contributed by atoms with Crippen LogP contribution in [0, 0.1) is 0 Å². The van der Waals surface area contributed by atoms with E-state index in [9.17, 15) is 8.42 Å². The molecular formula is C16H22N4O2S. The molecule has 0 aliphatic heterocycles. The molecule has 23 heavy (non-hydrogen) atoms. The van der Waals surface area contributed by atoms with E-state index in [1.807, 2.05) is 18.3 Å². The monoisotopic (exact) mass is 334 g/mol. The Morgan fingerprint density at radius 1 is 1.30 bits per heavy atom. The Bertz CT molecular complexity index is 768. The number of rotatable bonds is 5. The van der Waals surface area contributed by atoms with Crippen LogP contribution >= 0.6 is 0 Å². The number of H-pyrrole nitrogens is 1. The number of benzene rings is 1. The number of nitrogens with one attached hydrogen (secondary N) is 3. The highest BCUT2D eigenvalue weighted by atomic mass is 32.2. The molecule has 1 aliphatic carbocycles. The second-order valence-electron chi connectivity index (χ2n) is 5.98. The molecule has 0 saturated carbocycles. The normalized spacial score (nSPS) is 19.3. The minimum Gasteiger partial charge on any atom is -0.307 e. The van der Waals surface area contributed by atoms with Gasteiger partial charge in [0, 0.05) is 17.8 Å². The van der Waals surface area contributed by atoms with Crippen molar-refractivity contribution in [3.05, 3.63) is 47.3 Å². The van der Waals surface area contributed by atoms with Crippen LogP contribution in [-0.2, 0) is 22.9 Å². The molecule has 0 fully saturated rings. The highest BCUT2D eigenvalue weighted by Crippen LogP contribution is 2.22. The first-order chi connectivity index (χ1) is 11.0. The van der Waals surface area contributed by atoms with Crippen LogP contribution in [-0.4, -0.2) is 31.7 Å². The minimum atomic E-state index is -3.38. The molecule has 1 aromatic carbocycles. The number of nitrogens with zero attached hydrogens (tertiary/aromatic N) is 1. The number of sulfonamides is 1. The second kappa shape index (κ2) is 6.43. The molecule has 2 aromatic rings. The lowest BCUT2D eigenvalue weighted by molar-refractivity contribution is 0.412. The molecule has 1 heterocycles. The van der Waals surface area contributed by atoms with E-state index in [0.717, 1.165) is 24.8 Å². The summed E-state index contributed by atoms with van der Waals surface area (Å²) < 4.78 is 25.8. The van der Waals surface area contributed by atoms with Crippen molar-refractivity contribution < 1.29 is 8.42 Å². The van der Waals surface area contributed by atoms with Crippen LogP contribution in [0.4, 0.5) is 0 Å². The molecule has 0 bridgehead atoms. The summed E-state index contributed by atoms with van der Waals surface area (Å²) in [7, 11) is -1.96. The van der Waals surface area contributed by atoms with Crippen molar-refractivity contribution in [2.75, 3.05) is 7.05 Å². The first-order valence-corrected chi connectivity index (χ1v) is 9.28. The van der Waals surface area contributed by atoms with Crippen molar-refractivity contribution in [1.82, 2.24) is 20.2 Å². The SMILES string of the molecule is CNS(=O)(=O)c1ccc([C@@H](C)N[C@H]2CCc3[nH]ncc3C2)cc1. The third kappa shape index (κ3) is 3.46. The summed E-state index contributed by atoms with van der Waals surface area (Å²) in [5, 5.41) is 10.8. The maximum absolute atomic E-state index is 11.8. The average Bonchev–Trinajstić information content (AvgIpc) is 3.02. The molecule has 2 atom stereocenters. The Labute approximate surface area is 136 Å². The number of aryl methyl sites for hydroxylation is 1. The Balaban J connectivity index is 1.66. The maximum Gasteiger partial charge on any atom is 0.240 e. The molecule has 0 spiro atoms. The first-order valence-electron chi connectivity index (χ1n) is 7.80. The van der Waals surface area contributed by atoms with Gasteiger partial charge in [-0.25, -0.2) is 13.1 Å². The summed E-state index contributed by atoms with van der Waals surface area (Å²) in [6.45, 7) is 2.10. The van der Waals surface area contributed by atoms with Gasteiger partial charge in [-0.05, 0) is 56.5 Å². The molecule has 1 aromatic heterocycles. The van der Waals surface area contributed by atoms with Crippen molar-refractivity contribution in [2.24, 2.45) is 0 Å². The number of fused-ring (bicyclic) bond motifs is 1. The summed E-state index contributed by atoms with van der Waals surface area (Å²) in [4.78, 5) is 0.289. The third-order valence-corrected chi connectivity index (χ3v) is 5.89. The average molecular weight is 334 g/mol. The minimum absolute atomic E-state index is 0.166. The van der Waals surface area contributed by atoms with Gasteiger partial charge in [-0.3, -0.25) is 5.10 Å². The summed E-state index contributed by atoms with van der Waals surface area (Å²) in [6.07, 6.45) is 4.97. The largest absolute Gasteiger partial charge is 0.307 e. The highest BCUT2D eigenvalue weighted by Gasteiger charge is 2.21. The molecule has 0 amide bonds. The van der Waals surface area contributed by atoms with E-state index in [-0.39, 0.29) is 10.9 Å². The molecule has 124 valence electrons. The van der Waals surface area contributed by atoms with Gasteiger partial charge in [-0.2, -0.15) is 5.10 Å². The van der Waals surface area contributed by atoms with Crippen LogP contribution < -0.4 is 10.0 Å². The van der Waals surface area contributed by atoms with Crippen molar-refractivity contribution in [3.63, 3.8) is 0 Å². The molecule has 3 rings (SSSR count). The molecule has 7 heteroatoms. The van der Waals surface area contributed by atoms with Crippen molar-refractivity contribution in [3.8, 4) is 0 Å². The smallest absolute Gasteiger partial charge is 0.240 e. The maximum atomic E-state index is 11.8. The van der Waals surface area contributed by atoms with E-state index in [2.05, 4.69) is 27.2 Å². The predicted octanol–water partition coefficient (Wildman–Crippen LogP) is 1.53. The van der Waals surface area contributed by atoms with E-state index in [1.165, 1.54) is 18.3 Å². The topological polar surface area (TPSA) is 86.9 Å². The van der Waals surface area contributed by atoms with Crippen molar-refractivity contribution in [2.45, 2.75) is 43.2 Å². The van der Waals surface area contributed by atoms with Gasteiger partial charge in [0.2, 0.25) is 10.0 Å². The fourth-order valence-electron chi connectivity index (χ4n) is 3.06. The molecule has 3 N–H and O–H groups in total. The summed E-state index contributed by atoms with van der Waals surface area (Å²) >= 11 is 0. The van der Waals surface area contributed by atoms with E-state index in [0.29, 0.717) is 6.04 Å². The van der Waals surface area contributed by atoms with Gasteiger partial charge in [0.1, 0.15) is 0 Å². The van der Waals surface area contributed by atoms with Gasteiger partial charge < -0.3 is 5.32 Å². The quantitative estimate of drug-likeness (QED) is 0.774. The Kier molecular flexibility index (Phi) is 4.52. The Morgan fingerprint density at radius 3 is 2.74 bits per heavy atom. The Morgan fingerprint density at radius 2 is 2.04 bits per heavy atom. The van der Waals surface area contributed by atoms with Gasteiger partial charge in [0.25, 0.3) is 0 Å². The van der Waals surface area contributed by atoms with Crippen LogP contribution in [0.3, 0.4) is 0 Å². The van der Waals surface area contributed by atoms with Crippen molar-refractivity contribution in [1.29, 1.82) is 0 Å². The fourth-order valence-corrected chi connectivity index (χ4v) is 3.79. The zero-order valence-corrected chi connectivity index (χ0v) is 14.2. The number of aromatic amines is 1. The Hall–Kier alpha value is -1.70. The lowest BCUT2D eigenvalue weighted by Gasteiger charge is -2.26. The fraction of sp³-hybridized carbons (Fsp3) is 0.438. The predicted molar refractivity (Wildman–Crippen MR) is 88.6 cm³/mol. The van der Waals surface area contributed by atoms with Gasteiger partial charge in [0.15, 0.2) is 0 Å². The van der Waals surface area contributed by atoms with E-state index < -0.39 is 10.0 Å². The molecule has 0 radical (unpaired) electrons. The van der Waals surface area contributed by atoms with Gasteiger partial charge in [-0.15, -0.1) is 0 Å². The van der Waals surface area contributed by atoms with Gasteiger partial charge in [0.05, 0.1) is 11.1 Å². The highest BCUT2D eigenvalue weighted by molar-refractivity contribution is 7.89. The second-order valence-corrected chi connectivity index (χ2v) is 7.86. The van der Waals surface area contributed by atoms with Crippen molar-refractivity contribution >= 4 is 10.0 Å².